The van der Waals surface area contributed by atoms with E-state index in [9.17, 15) is 4.79 Å². The molecular weight excluding hydrogens is 214 g/mol. The van der Waals surface area contributed by atoms with Crippen molar-refractivity contribution in [3.63, 3.8) is 0 Å². The van der Waals surface area contributed by atoms with E-state index in [0.29, 0.717) is 6.61 Å². The maximum Gasteiger partial charge on any atom is 0.246 e. The van der Waals surface area contributed by atoms with Gasteiger partial charge in [0.25, 0.3) is 0 Å². The predicted octanol–water partition coefficient (Wildman–Crippen LogP) is 3.14. The molecule has 3 heteroatoms. The first-order valence-electron chi connectivity index (χ1n) is 6.86. The Labute approximate surface area is 106 Å². The largest absolute Gasteiger partial charge is 0.372 e. The Balaban J connectivity index is 3.65. The van der Waals surface area contributed by atoms with Crippen molar-refractivity contribution >= 4 is 5.91 Å². The minimum Gasteiger partial charge on any atom is -0.372 e. The van der Waals surface area contributed by atoms with Gasteiger partial charge < -0.3 is 10.1 Å². The highest BCUT2D eigenvalue weighted by Crippen LogP contribution is 2.22. The van der Waals surface area contributed by atoms with E-state index in [2.05, 4.69) is 26.1 Å². The average molecular weight is 243 g/mol. The fourth-order valence-corrected chi connectivity index (χ4v) is 1.64. The number of hydrogen-bond acceptors (Lipinski definition) is 2. The molecule has 0 rings (SSSR count). The number of amides is 1. The van der Waals surface area contributed by atoms with Crippen LogP contribution in [-0.4, -0.2) is 25.7 Å². The van der Waals surface area contributed by atoms with E-state index >= 15 is 0 Å². The van der Waals surface area contributed by atoms with Gasteiger partial charge in [0.2, 0.25) is 5.91 Å². The molecule has 0 bridgehead atoms. The van der Waals surface area contributed by atoms with Crippen LogP contribution in [0.25, 0.3) is 0 Å². The molecule has 0 radical (unpaired) electrons. The highest BCUT2D eigenvalue weighted by molar-refractivity contribution is 5.77. The number of nitrogens with one attached hydrogen (secondary N) is 1. The van der Waals surface area contributed by atoms with Gasteiger partial charge in [-0.2, -0.15) is 0 Å². The van der Waals surface area contributed by atoms with Crippen LogP contribution in [0.2, 0.25) is 0 Å². The minimum atomic E-state index is 0.00187. The molecule has 0 saturated heterocycles. The minimum absolute atomic E-state index is 0.00187. The first kappa shape index (κ1) is 16.4. The number of unbranched alkanes of at least 4 members (excludes halogenated alkanes) is 2. The summed E-state index contributed by atoms with van der Waals surface area (Å²) in [5, 5.41) is 2.94. The van der Waals surface area contributed by atoms with E-state index in [4.69, 9.17) is 4.74 Å². The maximum absolute atomic E-state index is 11.5. The van der Waals surface area contributed by atoms with E-state index in [1.807, 2.05) is 6.92 Å². The SMILES string of the molecule is CCCCCC(C)(C)CNC(=O)COCCC. The van der Waals surface area contributed by atoms with Gasteiger partial charge in [0, 0.05) is 13.2 Å². The molecule has 102 valence electrons. The van der Waals surface area contributed by atoms with E-state index in [1.165, 1.54) is 19.3 Å². The highest BCUT2D eigenvalue weighted by Gasteiger charge is 2.18. The standard InChI is InChI=1S/C14H29NO2/c1-5-7-8-9-14(3,4)12-15-13(16)11-17-10-6-2/h5-12H2,1-4H3,(H,15,16). The molecule has 0 aliphatic heterocycles. The summed E-state index contributed by atoms with van der Waals surface area (Å²) >= 11 is 0. The summed E-state index contributed by atoms with van der Waals surface area (Å²) in [4.78, 5) is 11.5. The van der Waals surface area contributed by atoms with Crippen LogP contribution in [0.15, 0.2) is 0 Å². The zero-order valence-electron chi connectivity index (χ0n) is 12.0. The molecule has 1 amide bonds. The van der Waals surface area contributed by atoms with E-state index in [0.717, 1.165) is 19.4 Å². The second-order valence-corrected chi connectivity index (χ2v) is 5.45. The molecule has 0 aromatic heterocycles. The molecule has 0 saturated carbocycles. The van der Waals surface area contributed by atoms with Gasteiger partial charge in [-0.15, -0.1) is 0 Å². The number of carbonyl (C=O) groups excluding carboxylic acids is 1. The fourth-order valence-electron chi connectivity index (χ4n) is 1.64. The highest BCUT2D eigenvalue weighted by atomic mass is 16.5. The number of hydrogen-bond donors (Lipinski definition) is 1. The van der Waals surface area contributed by atoms with Crippen LogP contribution in [0.4, 0.5) is 0 Å². The Hall–Kier alpha value is -0.570. The van der Waals surface area contributed by atoms with Crippen LogP contribution in [0.3, 0.4) is 0 Å². The van der Waals surface area contributed by atoms with Gasteiger partial charge in [-0.05, 0) is 18.3 Å². The summed E-state index contributed by atoms with van der Waals surface area (Å²) in [6, 6.07) is 0. The third kappa shape index (κ3) is 10.3. The number of carbonyl (C=O) groups is 1. The fraction of sp³-hybridized carbons (Fsp3) is 0.929. The Kier molecular flexibility index (Phi) is 9.14. The Morgan fingerprint density at radius 1 is 1.18 bits per heavy atom. The second-order valence-electron chi connectivity index (χ2n) is 5.45. The molecule has 0 spiro atoms. The number of rotatable bonds is 10. The molecule has 17 heavy (non-hydrogen) atoms. The lowest BCUT2D eigenvalue weighted by Crippen LogP contribution is -2.36. The summed E-state index contributed by atoms with van der Waals surface area (Å²) in [7, 11) is 0. The van der Waals surface area contributed by atoms with Crippen molar-refractivity contribution in [2.45, 2.75) is 59.8 Å². The van der Waals surface area contributed by atoms with Gasteiger partial charge in [-0.25, -0.2) is 0 Å². The molecule has 0 aromatic rings. The molecule has 0 atom stereocenters. The molecule has 0 unspecified atom stereocenters. The van der Waals surface area contributed by atoms with Crippen LogP contribution in [0.5, 0.6) is 0 Å². The van der Waals surface area contributed by atoms with Gasteiger partial charge in [-0.1, -0.05) is 47.0 Å². The number of ether oxygens (including phenoxy) is 1. The van der Waals surface area contributed by atoms with Crippen molar-refractivity contribution in [2.75, 3.05) is 19.8 Å². The smallest absolute Gasteiger partial charge is 0.246 e. The van der Waals surface area contributed by atoms with Crippen LogP contribution in [0, 0.1) is 5.41 Å². The van der Waals surface area contributed by atoms with Crippen molar-refractivity contribution in [3.8, 4) is 0 Å². The molecule has 0 aromatic carbocycles. The maximum atomic E-state index is 11.5. The average Bonchev–Trinajstić information content (AvgIpc) is 2.27. The zero-order valence-corrected chi connectivity index (χ0v) is 12.0. The van der Waals surface area contributed by atoms with Crippen LogP contribution in [0.1, 0.15) is 59.8 Å². The second kappa shape index (κ2) is 9.46. The van der Waals surface area contributed by atoms with Gasteiger partial charge in [0.05, 0.1) is 0 Å². The van der Waals surface area contributed by atoms with E-state index < -0.39 is 0 Å². The quantitative estimate of drug-likeness (QED) is 0.599. The first-order valence-corrected chi connectivity index (χ1v) is 6.86. The summed E-state index contributed by atoms with van der Waals surface area (Å²) in [6.45, 7) is 10.2. The normalized spacial score (nSPS) is 11.5. The monoisotopic (exact) mass is 243 g/mol. The summed E-state index contributed by atoms with van der Waals surface area (Å²) in [5.41, 5.74) is 0.190. The summed E-state index contributed by atoms with van der Waals surface area (Å²) in [5.74, 6) is 0.00187. The predicted molar refractivity (Wildman–Crippen MR) is 72.0 cm³/mol. The van der Waals surface area contributed by atoms with Crippen molar-refractivity contribution in [2.24, 2.45) is 5.41 Å². The Morgan fingerprint density at radius 3 is 2.47 bits per heavy atom. The topological polar surface area (TPSA) is 38.3 Å². The van der Waals surface area contributed by atoms with Gasteiger partial charge in [-0.3, -0.25) is 4.79 Å². The molecule has 1 N–H and O–H groups in total. The van der Waals surface area contributed by atoms with Crippen LogP contribution >= 0.6 is 0 Å². The van der Waals surface area contributed by atoms with Gasteiger partial charge >= 0.3 is 0 Å². The van der Waals surface area contributed by atoms with E-state index in [1.54, 1.807) is 0 Å². The molecule has 3 nitrogen and oxygen atoms in total. The molecular formula is C14H29NO2. The summed E-state index contributed by atoms with van der Waals surface area (Å²) < 4.78 is 5.20. The van der Waals surface area contributed by atoms with Crippen molar-refractivity contribution in [3.05, 3.63) is 0 Å². The summed E-state index contributed by atoms with van der Waals surface area (Å²) in [6.07, 6.45) is 5.88. The molecule has 0 fully saturated rings. The lowest BCUT2D eigenvalue weighted by atomic mass is 9.87. The lowest BCUT2D eigenvalue weighted by molar-refractivity contribution is -0.126. The zero-order chi connectivity index (χ0) is 13.1. The van der Waals surface area contributed by atoms with E-state index in [-0.39, 0.29) is 17.9 Å². The lowest BCUT2D eigenvalue weighted by Gasteiger charge is -2.24. The molecule has 0 heterocycles. The van der Waals surface area contributed by atoms with Crippen molar-refractivity contribution in [1.82, 2.24) is 5.32 Å². The third-order valence-electron chi connectivity index (χ3n) is 2.80. The Bertz CT molecular complexity index is 202. The van der Waals surface area contributed by atoms with Crippen LogP contribution in [-0.2, 0) is 9.53 Å². The first-order chi connectivity index (χ1) is 8.02. The van der Waals surface area contributed by atoms with Gasteiger partial charge in [0.1, 0.15) is 6.61 Å². The molecule has 0 aliphatic rings. The molecule has 0 aliphatic carbocycles. The third-order valence-corrected chi connectivity index (χ3v) is 2.80. The Morgan fingerprint density at radius 2 is 1.88 bits per heavy atom. The van der Waals surface area contributed by atoms with Crippen molar-refractivity contribution < 1.29 is 9.53 Å². The van der Waals surface area contributed by atoms with Gasteiger partial charge in [0.15, 0.2) is 0 Å². The van der Waals surface area contributed by atoms with Crippen LogP contribution < -0.4 is 5.32 Å². The van der Waals surface area contributed by atoms with Crippen molar-refractivity contribution in [1.29, 1.82) is 0 Å².